The van der Waals surface area contributed by atoms with Crippen molar-refractivity contribution in [2.75, 3.05) is 7.05 Å². The van der Waals surface area contributed by atoms with Gasteiger partial charge in [0, 0.05) is 11.9 Å². The van der Waals surface area contributed by atoms with Crippen molar-refractivity contribution in [2.24, 2.45) is 17.6 Å². The van der Waals surface area contributed by atoms with E-state index in [4.69, 9.17) is 18.0 Å². The van der Waals surface area contributed by atoms with Gasteiger partial charge in [-0.1, -0.05) is 26.1 Å². The van der Waals surface area contributed by atoms with Crippen molar-refractivity contribution in [3.63, 3.8) is 0 Å². The van der Waals surface area contributed by atoms with E-state index in [1.54, 1.807) is 28.8 Å². The lowest BCUT2D eigenvalue weighted by Crippen LogP contribution is -2.41. The third kappa shape index (κ3) is 3.49. The number of thiazole rings is 1. The van der Waals surface area contributed by atoms with Crippen molar-refractivity contribution in [2.45, 2.75) is 27.3 Å². The zero-order chi connectivity index (χ0) is 13.9. The summed E-state index contributed by atoms with van der Waals surface area (Å²) in [5, 5.41) is 0. The molecule has 0 aliphatic carbocycles. The van der Waals surface area contributed by atoms with Gasteiger partial charge in [-0.3, -0.25) is 4.79 Å². The first-order chi connectivity index (χ1) is 8.34. The molecule has 0 aliphatic rings. The molecule has 0 bridgehead atoms. The van der Waals surface area contributed by atoms with Crippen molar-refractivity contribution >= 4 is 34.5 Å². The van der Waals surface area contributed by atoms with E-state index >= 15 is 0 Å². The summed E-state index contributed by atoms with van der Waals surface area (Å²) in [4.78, 5) is 19.5. The van der Waals surface area contributed by atoms with E-state index in [0.717, 1.165) is 10.6 Å². The van der Waals surface area contributed by atoms with Gasteiger partial charge in [-0.2, -0.15) is 0 Å². The quantitative estimate of drug-likeness (QED) is 0.840. The summed E-state index contributed by atoms with van der Waals surface area (Å²) < 4.78 is 0. The fraction of sp³-hybridized carbons (Fsp3) is 0.583. The third-order valence-corrected chi connectivity index (χ3v) is 4.01. The van der Waals surface area contributed by atoms with Gasteiger partial charge in [-0.05, 0) is 12.8 Å². The minimum Gasteiger partial charge on any atom is -0.393 e. The highest BCUT2D eigenvalue weighted by atomic mass is 32.1. The van der Waals surface area contributed by atoms with E-state index in [1.807, 2.05) is 20.8 Å². The molecule has 100 valence electrons. The lowest BCUT2D eigenvalue weighted by molar-refractivity contribution is -0.133. The zero-order valence-corrected chi connectivity index (χ0v) is 12.8. The van der Waals surface area contributed by atoms with Crippen LogP contribution in [0.3, 0.4) is 0 Å². The standard InChI is InChI=1S/C12H19N3OS2/c1-7(2)10(11(13)17)12(16)15(4)5-9-8(3)14-6-18-9/h6-7,10H,5H2,1-4H3,(H2,13,17). The number of nitrogens with two attached hydrogens (primary N) is 1. The molecule has 6 heteroatoms. The minimum absolute atomic E-state index is 0.0229. The molecule has 2 N–H and O–H groups in total. The highest BCUT2D eigenvalue weighted by molar-refractivity contribution is 7.80. The number of hydrogen-bond acceptors (Lipinski definition) is 4. The van der Waals surface area contributed by atoms with Crippen LogP contribution in [0, 0.1) is 18.8 Å². The van der Waals surface area contributed by atoms with Gasteiger partial charge in [0.05, 0.1) is 28.7 Å². The second kappa shape index (κ2) is 6.24. The number of nitrogens with zero attached hydrogens (tertiary/aromatic N) is 2. The third-order valence-electron chi connectivity index (χ3n) is 2.84. The molecule has 0 radical (unpaired) electrons. The number of carbonyl (C=O) groups is 1. The van der Waals surface area contributed by atoms with Gasteiger partial charge in [-0.25, -0.2) is 4.98 Å². The maximum Gasteiger partial charge on any atom is 0.232 e. The Kier molecular flexibility index (Phi) is 5.22. The molecule has 0 fully saturated rings. The molecule has 1 aromatic rings. The van der Waals surface area contributed by atoms with Crippen LogP contribution in [0.5, 0.6) is 0 Å². The van der Waals surface area contributed by atoms with Gasteiger partial charge >= 0.3 is 0 Å². The topological polar surface area (TPSA) is 59.2 Å². The largest absolute Gasteiger partial charge is 0.393 e. The van der Waals surface area contributed by atoms with Gasteiger partial charge in [-0.15, -0.1) is 11.3 Å². The van der Waals surface area contributed by atoms with Crippen LogP contribution in [0.2, 0.25) is 0 Å². The average molecular weight is 285 g/mol. The van der Waals surface area contributed by atoms with E-state index in [9.17, 15) is 4.79 Å². The lowest BCUT2D eigenvalue weighted by Gasteiger charge is -2.25. The number of aromatic nitrogens is 1. The molecule has 0 aromatic carbocycles. The molecule has 1 heterocycles. The predicted octanol–water partition coefficient (Wildman–Crippen LogP) is 1.97. The van der Waals surface area contributed by atoms with E-state index < -0.39 is 5.92 Å². The first-order valence-corrected chi connectivity index (χ1v) is 7.06. The van der Waals surface area contributed by atoms with Crippen molar-refractivity contribution < 1.29 is 4.79 Å². The van der Waals surface area contributed by atoms with Crippen LogP contribution in [-0.2, 0) is 11.3 Å². The molecule has 1 rings (SSSR count). The fourth-order valence-corrected chi connectivity index (χ4v) is 2.95. The van der Waals surface area contributed by atoms with Crippen LogP contribution < -0.4 is 5.73 Å². The Morgan fingerprint density at radius 2 is 2.22 bits per heavy atom. The summed E-state index contributed by atoms with van der Waals surface area (Å²) in [6, 6.07) is 0. The van der Waals surface area contributed by atoms with Gasteiger partial charge in [0.1, 0.15) is 0 Å². The molecule has 0 aliphatic heterocycles. The van der Waals surface area contributed by atoms with E-state index in [0.29, 0.717) is 6.54 Å². The SMILES string of the molecule is Cc1ncsc1CN(C)C(=O)C(C(N)=S)C(C)C. The number of hydrogen-bond donors (Lipinski definition) is 1. The normalized spacial score (nSPS) is 12.5. The summed E-state index contributed by atoms with van der Waals surface area (Å²) in [6.45, 7) is 6.40. The average Bonchev–Trinajstić information content (AvgIpc) is 2.63. The van der Waals surface area contributed by atoms with Gasteiger partial charge < -0.3 is 10.6 Å². The Balaban J connectivity index is 2.77. The Morgan fingerprint density at radius 3 is 2.61 bits per heavy atom. The number of aryl methyl sites for hydroxylation is 1. The predicted molar refractivity (Wildman–Crippen MR) is 78.4 cm³/mol. The second-order valence-electron chi connectivity index (χ2n) is 4.68. The molecule has 1 aromatic heterocycles. The second-order valence-corrected chi connectivity index (χ2v) is 6.09. The first-order valence-electron chi connectivity index (χ1n) is 5.77. The van der Waals surface area contributed by atoms with Crippen LogP contribution in [-0.4, -0.2) is 27.8 Å². The molecule has 0 spiro atoms. The Hall–Kier alpha value is -1.01. The van der Waals surface area contributed by atoms with Crippen molar-refractivity contribution in [1.29, 1.82) is 0 Å². The molecule has 4 nitrogen and oxygen atoms in total. The Morgan fingerprint density at radius 1 is 1.61 bits per heavy atom. The molecule has 1 amide bonds. The molecule has 1 atom stereocenters. The highest BCUT2D eigenvalue weighted by Crippen LogP contribution is 2.18. The smallest absolute Gasteiger partial charge is 0.232 e. The zero-order valence-electron chi connectivity index (χ0n) is 11.1. The van der Waals surface area contributed by atoms with Crippen LogP contribution in [0.1, 0.15) is 24.4 Å². The minimum atomic E-state index is -0.391. The maximum absolute atomic E-state index is 12.3. The number of thiocarbonyl (C=S) groups is 1. The van der Waals surface area contributed by atoms with Crippen molar-refractivity contribution in [3.8, 4) is 0 Å². The molecule has 1 unspecified atom stereocenters. The Bertz CT molecular complexity index is 442. The first kappa shape index (κ1) is 15.0. The summed E-state index contributed by atoms with van der Waals surface area (Å²) in [7, 11) is 1.77. The van der Waals surface area contributed by atoms with E-state index in [-0.39, 0.29) is 16.8 Å². The number of amides is 1. The fourth-order valence-electron chi connectivity index (χ4n) is 1.74. The Labute approximate surface area is 117 Å². The van der Waals surface area contributed by atoms with Crippen LogP contribution in [0.15, 0.2) is 5.51 Å². The van der Waals surface area contributed by atoms with Crippen molar-refractivity contribution in [3.05, 3.63) is 16.1 Å². The van der Waals surface area contributed by atoms with Crippen molar-refractivity contribution in [1.82, 2.24) is 9.88 Å². The van der Waals surface area contributed by atoms with Gasteiger partial charge in [0.2, 0.25) is 5.91 Å². The summed E-state index contributed by atoms with van der Waals surface area (Å²) in [6.07, 6.45) is 0. The number of rotatable bonds is 5. The summed E-state index contributed by atoms with van der Waals surface area (Å²) >= 11 is 6.54. The van der Waals surface area contributed by atoms with Crippen LogP contribution >= 0.6 is 23.6 Å². The molecular weight excluding hydrogens is 266 g/mol. The van der Waals surface area contributed by atoms with E-state index in [1.165, 1.54) is 0 Å². The van der Waals surface area contributed by atoms with Crippen LogP contribution in [0.4, 0.5) is 0 Å². The van der Waals surface area contributed by atoms with Gasteiger partial charge in [0.25, 0.3) is 0 Å². The molecule has 0 saturated heterocycles. The van der Waals surface area contributed by atoms with Crippen LogP contribution in [0.25, 0.3) is 0 Å². The molecule has 18 heavy (non-hydrogen) atoms. The van der Waals surface area contributed by atoms with Gasteiger partial charge in [0.15, 0.2) is 0 Å². The molecule has 0 saturated carbocycles. The summed E-state index contributed by atoms with van der Waals surface area (Å²) in [5.41, 5.74) is 8.41. The maximum atomic E-state index is 12.3. The lowest BCUT2D eigenvalue weighted by atomic mass is 9.94. The summed E-state index contributed by atoms with van der Waals surface area (Å²) in [5.74, 6) is -0.302. The highest BCUT2D eigenvalue weighted by Gasteiger charge is 2.28. The monoisotopic (exact) mass is 285 g/mol. The molecular formula is C12H19N3OS2. The van der Waals surface area contributed by atoms with E-state index in [2.05, 4.69) is 4.98 Å². The number of carbonyl (C=O) groups excluding carboxylic acids is 1.